The maximum absolute atomic E-state index is 10.4. The second-order valence-electron chi connectivity index (χ2n) is 7.10. The number of aliphatic hydroxyl groups is 1. The van der Waals surface area contributed by atoms with E-state index in [-0.39, 0.29) is 6.04 Å². The van der Waals surface area contributed by atoms with Gasteiger partial charge in [0.1, 0.15) is 0 Å². The minimum absolute atomic E-state index is 0.336. The van der Waals surface area contributed by atoms with Crippen LogP contribution in [0.15, 0.2) is 42.5 Å². The molecular weight excluding hydrogens is 296 g/mol. The summed E-state index contributed by atoms with van der Waals surface area (Å²) in [7, 11) is 0. The van der Waals surface area contributed by atoms with Gasteiger partial charge in [-0.25, -0.2) is 0 Å². The van der Waals surface area contributed by atoms with Gasteiger partial charge < -0.3 is 15.4 Å². The van der Waals surface area contributed by atoms with Crippen molar-refractivity contribution in [1.29, 1.82) is 0 Å². The van der Waals surface area contributed by atoms with E-state index in [4.69, 9.17) is 5.73 Å². The van der Waals surface area contributed by atoms with E-state index in [1.54, 1.807) is 0 Å². The van der Waals surface area contributed by atoms with E-state index in [2.05, 4.69) is 67.8 Å². The first-order valence-corrected chi connectivity index (χ1v) is 8.97. The summed E-state index contributed by atoms with van der Waals surface area (Å²) in [6.45, 7) is 7.45. The summed E-state index contributed by atoms with van der Waals surface area (Å²) >= 11 is 0. The zero-order chi connectivity index (χ0) is 17.3. The van der Waals surface area contributed by atoms with Crippen LogP contribution in [0.2, 0.25) is 0 Å². The first-order valence-electron chi connectivity index (χ1n) is 8.97. The molecule has 0 radical (unpaired) electrons. The maximum atomic E-state index is 10.4. The van der Waals surface area contributed by atoms with Gasteiger partial charge in [0, 0.05) is 28.4 Å². The molecule has 3 heteroatoms. The molecule has 2 atom stereocenters. The lowest BCUT2D eigenvalue weighted by molar-refractivity contribution is 0.128. The molecule has 0 aliphatic carbocycles. The fourth-order valence-corrected chi connectivity index (χ4v) is 3.53. The smallest absolute Gasteiger partial charge is 0.0732 e. The van der Waals surface area contributed by atoms with E-state index in [9.17, 15) is 5.11 Å². The highest BCUT2D eigenvalue weighted by Gasteiger charge is 2.19. The Kier molecular flexibility index (Phi) is 4.93. The Labute approximate surface area is 144 Å². The number of fused-ring (bicyclic) bond motifs is 3. The largest absolute Gasteiger partial charge is 0.391 e. The number of rotatable bonds is 6. The van der Waals surface area contributed by atoms with Gasteiger partial charge in [-0.3, -0.25) is 0 Å². The van der Waals surface area contributed by atoms with Gasteiger partial charge in [0.15, 0.2) is 0 Å². The molecule has 0 saturated carbocycles. The van der Waals surface area contributed by atoms with Crippen molar-refractivity contribution in [3.8, 4) is 0 Å². The van der Waals surface area contributed by atoms with Gasteiger partial charge in [-0.05, 0) is 49.4 Å². The summed E-state index contributed by atoms with van der Waals surface area (Å²) in [6.07, 6.45) is 1.24. The standard InChI is InChI=1S/C21H28N2O/c1-4-23-18-8-6-5-7-16(18)17-13-15(10-11-19(17)23)21(22)20(24)12-9-14(2)3/h5-8,10-11,13-14,20-21,24H,4,9,12,22H2,1-3H3/t20-,21+/m0/s1. The Hall–Kier alpha value is -1.84. The number of hydrogen-bond donors (Lipinski definition) is 2. The monoisotopic (exact) mass is 324 g/mol. The molecular formula is C21H28N2O. The summed E-state index contributed by atoms with van der Waals surface area (Å²) in [4.78, 5) is 0. The average Bonchev–Trinajstić information content (AvgIpc) is 2.91. The number of aryl methyl sites for hydroxylation is 1. The molecule has 0 unspecified atom stereocenters. The first kappa shape index (κ1) is 17.0. The Morgan fingerprint density at radius 1 is 1.00 bits per heavy atom. The molecule has 0 saturated heterocycles. The second kappa shape index (κ2) is 6.96. The number of nitrogens with zero attached hydrogens (tertiary/aromatic N) is 1. The molecule has 1 aromatic heterocycles. The van der Waals surface area contributed by atoms with Gasteiger partial charge in [-0.2, -0.15) is 0 Å². The van der Waals surface area contributed by atoms with Crippen molar-refractivity contribution >= 4 is 21.8 Å². The minimum atomic E-state index is -0.496. The van der Waals surface area contributed by atoms with E-state index in [0.29, 0.717) is 5.92 Å². The van der Waals surface area contributed by atoms with Crippen LogP contribution in [-0.2, 0) is 6.54 Å². The molecule has 0 amide bonds. The Bertz CT molecular complexity index is 834. The van der Waals surface area contributed by atoms with Crippen molar-refractivity contribution in [2.45, 2.75) is 52.3 Å². The lowest BCUT2D eigenvalue weighted by Crippen LogP contribution is -2.26. The predicted molar refractivity (Wildman–Crippen MR) is 102 cm³/mol. The van der Waals surface area contributed by atoms with Gasteiger partial charge in [0.2, 0.25) is 0 Å². The Balaban J connectivity index is 2.00. The van der Waals surface area contributed by atoms with Crippen LogP contribution in [0.5, 0.6) is 0 Å². The number of aliphatic hydroxyl groups excluding tert-OH is 1. The highest BCUT2D eigenvalue weighted by molar-refractivity contribution is 6.08. The third-order valence-electron chi connectivity index (χ3n) is 4.95. The van der Waals surface area contributed by atoms with Crippen molar-refractivity contribution < 1.29 is 5.11 Å². The van der Waals surface area contributed by atoms with Crippen molar-refractivity contribution in [2.75, 3.05) is 0 Å². The molecule has 3 nitrogen and oxygen atoms in total. The van der Waals surface area contributed by atoms with E-state index >= 15 is 0 Å². The number of nitrogens with two attached hydrogens (primary N) is 1. The lowest BCUT2D eigenvalue weighted by atomic mass is 9.95. The molecule has 24 heavy (non-hydrogen) atoms. The topological polar surface area (TPSA) is 51.2 Å². The third kappa shape index (κ3) is 3.06. The SMILES string of the molecule is CCn1c2ccccc2c2cc([C@@H](N)[C@@H](O)CCC(C)C)ccc21. The summed E-state index contributed by atoms with van der Waals surface area (Å²) in [5.74, 6) is 0.580. The average molecular weight is 324 g/mol. The number of aromatic nitrogens is 1. The van der Waals surface area contributed by atoms with Crippen LogP contribution in [0.25, 0.3) is 21.8 Å². The molecule has 0 aliphatic heterocycles. The highest BCUT2D eigenvalue weighted by atomic mass is 16.3. The van der Waals surface area contributed by atoms with E-state index in [0.717, 1.165) is 24.9 Å². The molecule has 1 heterocycles. The predicted octanol–water partition coefficient (Wildman–Crippen LogP) is 4.61. The zero-order valence-corrected chi connectivity index (χ0v) is 14.9. The molecule has 0 fully saturated rings. The number of para-hydroxylation sites is 1. The first-order chi connectivity index (χ1) is 11.5. The van der Waals surface area contributed by atoms with Crippen molar-refractivity contribution in [1.82, 2.24) is 4.57 Å². The van der Waals surface area contributed by atoms with Crippen LogP contribution in [0.1, 0.15) is 45.2 Å². The van der Waals surface area contributed by atoms with Crippen molar-refractivity contribution in [2.24, 2.45) is 11.7 Å². The molecule has 0 aliphatic rings. The number of hydrogen-bond acceptors (Lipinski definition) is 2. The highest BCUT2D eigenvalue weighted by Crippen LogP contribution is 2.31. The molecule has 128 valence electrons. The maximum Gasteiger partial charge on any atom is 0.0732 e. The molecule has 0 spiro atoms. The van der Waals surface area contributed by atoms with Crippen LogP contribution >= 0.6 is 0 Å². The van der Waals surface area contributed by atoms with Gasteiger partial charge >= 0.3 is 0 Å². The quantitative estimate of drug-likeness (QED) is 0.695. The lowest BCUT2D eigenvalue weighted by Gasteiger charge is -2.20. The number of benzene rings is 2. The van der Waals surface area contributed by atoms with Gasteiger partial charge in [0.25, 0.3) is 0 Å². The van der Waals surface area contributed by atoms with Crippen molar-refractivity contribution in [3.05, 3.63) is 48.0 Å². The minimum Gasteiger partial charge on any atom is -0.391 e. The van der Waals surface area contributed by atoms with Gasteiger partial charge in [-0.15, -0.1) is 0 Å². The molecule has 3 rings (SSSR count). The third-order valence-corrected chi connectivity index (χ3v) is 4.95. The molecule has 3 aromatic rings. The summed E-state index contributed by atoms with van der Waals surface area (Å²) < 4.78 is 2.33. The fraction of sp³-hybridized carbons (Fsp3) is 0.429. The molecule has 0 bridgehead atoms. The van der Waals surface area contributed by atoms with E-state index in [1.807, 2.05) is 0 Å². The van der Waals surface area contributed by atoms with E-state index < -0.39 is 6.10 Å². The normalized spacial score (nSPS) is 14.6. The van der Waals surface area contributed by atoms with Gasteiger partial charge in [-0.1, -0.05) is 38.1 Å². The van der Waals surface area contributed by atoms with Crippen molar-refractivity contribution in [3.63, 3.8) is 0 Å². The zero-order valence-electron chi connectivity index (χ0n) is 14.9. The van der Waals surface area contributed by atoms with Gasteiger partial charge in [0.05, 0.1) is 12.1 Å². The van der Waals surface area contributed by atoms with E-state index in [1.165, 1.54) is 21.8 Å². The second-order valence-corrected chi connectivity index (χ2v) is 7.10. The van der Waals surface area contributed by atoms with Crippen LogP contribution in [-0.4, -0.2) is 15.8 Å². The van der Waals surface area contributed by atoms with Crippen LogP contribution < -0.4 is 5.73 Å². The van der Waals surface area contributed by atoms with Crippen LogP contribution in [0.4, 0.5) is 0 Å². The Morgan fingerprint density at radius 3 is 2.42 bits per heavy atom. The summed E-state index contributed by atoms with van der Waals surface area (Å²) in [6, 6.07) is 14.5. The summed E-state index contributed by atoms with van der Waals surface area (Å²) in [5, 5.41) is 12.9. The van der Waals surface area contributed by atoms with Crippen LogP contribution in [0.3, 0.4) is 0 Å². The Morgan fingerprint density at radius 2 is 1.71 bits per heavy atom. The van der Waals surface area contributed by atoms with Crippen LogP contribution in [0, 0.1) is 5.92 Å². The molecule has 2 aromatic carbocycles. The fourth-order valence-electron chi connectivity index (χ4n) is 3.53. The summed E-state index contributed by atoms with van der Waals surface area (Å²) in [5.41, 5.74) is 9.83. The molecule has 3 N–H and O–H groups in total.